The zero-order valence-electron chi connectivity index (χ0n) is 9.64. The standard InChI is InChI=1S/C12H22O2/c1-4-14-11(13)12(7-5-8-12)9-6-10(2)3/h10H,4-9H2,1-3H3. The van der Waals surface area contributed by atoms with Gasteiger partial charge >= 0.3 is 5.97 Å². The Morgan fingerprint density at radius 3 is 2.43 bits per heavy atom. The van der Waals surface area contributed by atoms with Gasteiger partial charge in [-0.05, 0) is 38.5 Å². The quantitative estimate of drug-likeness (QED) is 0.634. The lowest BCUT2D eigenvalue weighted by Crippen LogP contribution is -2.39. The van der Waals surface area contributed by atoms with E-state index >= 15 is 0 Å². The number of hydrogen-bond acceptors (Lipinski definition) is 2. The summed E-state index contributed by atoms with van der Waals surface area (Å²) < 4.78 is 5.14. The van der Waals surface area contributed by atoms with E-state index in [-0.39, 0.29) is 11.4 Å². The summed E-state index contributed by atoms with van der Waals surface area (Å²) in [5, 5.41) is 0. The average molecular weight is 198 g/mol. The van der Waals surface area contributed by atoms with Gasteiger partial charge in [0.05, 0.1) is 12.0 Å². The van der Waals surface area contributed by atoms with E-state index in [1.165, 1.54) is 6.42 Å². The van der Waals surface area contributed by atoms with E-state index in [9.17, 15) is 4.79 Å². The van der Waals surface area contributed by atoms with Crippen LogP contribution in [-0.2, 0) is 9.53 Å². The highest BCUT2D eigenvalue weighted by atomic mass is 16.5. The van der Waals surface area contributed by atoms with Crippen molar-refractivity contribution in [3.05, 3.63) is 0 Å². The molecule has 0 unspecified atom stereocenters. The summed E-state index contributed by atoms with van der Waals surface area (Å²) in [5.41, 5.74) is -0.0969. The Morgan fingerprint density at radius 1 is 1.43 bits per heavy atom. The van der Waals surface area contributed by atoms with Crippen LogP contribution in [0.5, 0.6) is 0 Å². The topological polar surface area (TPSA) is 26.3 Å². The molecule has 0 aromatic heterocycles. The van der Waals surface area contributed by atoms with Crippen LogP contribution < -0.4 is 0 Å². The molecule has 1 aliphatic carbocycles. The first kappa shape index (κ1) is 11.5. The molecule has 1 saturated carbocycles. The van der Waals surface area contributed by atoms with Gasteiger partial charge in [0.1, 0.15) is 0 Å². The normalized spacial score (nSPS) is 19.1. The molecule has 0 N–H and O–H groups in total. The summed E-state index contributed by atoms with van der Waals surface area (Å²) in [7, 11) is 0. The first-order chi connectivity index (χ1) is 6.60. The minimum absolute atomic E-state index is 0.0481. The molecule has 0 aliphatic heterocycles. The van der Waals surface area contributed by atoms with Crippen LogP contribution in [0.4, 0.5) is 0 Å². The molecule has 2 heteroatoms. The molecule has 14 heavy (non-hydrogen) atoms. The van der Waals surface area contributed by atoms with Crippen molar-refractivity contribution in [2.45, 2.75) is 52.9 Å². The van der Waals surface area contributed by atoms with Crippen LogP contribution in [0.3, 0.4) is 0 Å². The molecule has 0 bridgehead atoms. The number of carbonyl (C=O) groups is 1. The molecule has 82 valence electrons. The molecular formula is C12H22O2. The zero-order valence-corrected chi connectivity index (χ0v) is 9.64. The largest absolute Gasteiger partial charge is 0.466 e. The van der Waals surface area contributed by atoms with Gasteiger partial charge in [-0.2, -0.15) is 0 Å². The van der Waals surface area contributed by atoms with Crippen LogP contribution in [0.2, 0.25) is 0 Å². The average Bonchev–Trinajstić information content (AvgIpc) is 2.02. The smallest absolute Gasteiger partial charge is 0.312 e. The van der Waals surface area contributed by atoms with Gasteiger partial charge in [-0.15, -0.1) is 0 Å². The van der Waals surface area contributed by atoms with E-state index in [2.05, 4.69) is 13.8 Å². The Bertz CT molecular complexity index is 192. The lowest BCUT2D eigenvalue weighted by Gasteiger charge is -2.39. The second-order valence-corrected chi connectivity index (χ2v) is 4.79. The van der Waals surface area contributed by atoms with Crippen molar-refractivity contribution < 1.29 is 9.53 Å². The number of ether oxygens (including phenoxy) is 1. The second-order valence-electron chi connectivity index (χ2n) is 4.79. The fourth-order valence-electron chi connectivity index (χ4n) is 2.01. The number of carbonyl (C=O) groups excluding carboxylic acids is 1. The molecule has 0 heterocycles. The van der Waals surface area contributed by atoms with Gasteiger partial charge in [0.25, 0.3) is 0 Å². The van der Waals surface area contributed by atoms with Crippen molar-refractivity contribution in [1.82, 2.24) is 0 Å². The molecule has 0 radical (unpaired) electrons. The Morgan fingerprint density at radius 2 is 2.07 bits per heavy atom. The van der Waals surface area contributed by atoms with Crippen molar-refractivity contribution in [2.24, 2.45) is 11.3 Å². The van der Waals surface area contributed by atoms with E-state index in [1.54, 1.807) is 0 Å². The Kier molecular flexibility index (Phi) is 3.97. The summed E-state index contributed by atoms with van der Waals surface area (Å²) in [6, 6.07) is 0. The maximum Gasteiger partial charge on any atom is 0.312 e. The van der Waals surface area contributed by atoms with Crippen molar-refractivity contribution >= 4 is 5.97 Å². The molecular weight excluding hydrogens is 176 g/mol. The van der Waals surface area contributed by atoms with Gasteiger partial charge in [0.15, 0.2) is 0 Å². The lowest BCUT2D eigenvalue weighted by molar-refractivity contribution is -0.162. The van der Waals surface area contributed by atoms with Gasteiger partial charge in [0, 0.05) is 0 Å². The molecule has 1 rings (SSSR count). The molecule has 0 atom stereocenters. The first-order valence-electron chi connectivity index (χ1n) is 5.78. The predicted molar refractivity (Wildman–Crippen MR) is 57.0 cm³/mol. The van der Waals surface area contributed by atoms with Crippen molar-refractivity contribution in [1.29, 1.82) is 0 Å². The van der Waals surface area contributed by atoms with Gasteiger partial charge in [-0.1, -0.05) is 20.3 Å². The summed E-state index contributed by atoms with van der Waals surface area (Å²) in [5.74, 6) is 0.730. The summed E-state index contributed by atoms with van der Waals surface area (Å²) >= 11 is 0. The van der Waals surface area contributed by atoms with Crippen LogP contribution >= 0.6 is 0 Å². The molecule has 0 saturated heterocycles. The molecule has 0 aromatic carbocycles. The molecule has 1 aliphatic rings. The van der Waals surface area contributed by atoms with E-state index in [0.717, 1.165) is 25.7 Å². The fourth-order valence-corrected chi connectivity index (χ4v) is 2.01. The Balaban J connectivity index is 2.44. The number of esters is 1. The third-order valence-corrected chi connectivity index (χ3v) is 3.22. The second kappa shape index (κ2) is 4.81. The molecule has 0 amide bonds. The van der Waals surface area contributed by atoms with E-state index < -0.39 is 0 Å². The Labute approximate surface area is 87.0 Å². The molecule has 0 aromatic rings. The van der Waals surface area contributed by atoms with Crippen molar-refractivity contribution in [3.8, 4) is 0 Å². The van der Waals surface area contributed by atoms with Gasteiger partial charge < -0.3 is 4.74 Å². The monoisotopic (exact) mass is 198 g/mol. The van der Waals surface area contributed by atoms with Gasteiger partial charge in [0.2, 0.25) is 0 Å². The van der Waals surface area contributed by atoms with Crippen molar-refractivity contribution in [2.75, 3.05) is 6.61 Å². The summed E-state index contributed by atoms with van der Waals surface area (Å²) in [6.45, 7) is 6.81. The molecule has 0 spiro atoms. The lowest BCUT2D eigenvalue weighted by atomic mass is 9.65. The Hall–Kier alpha value is -0.530. The highest BCUT2D eigenvalue weighted by molar-refractivity contribution is 5.77. The maximum absolute atomic E-state index is 11.7. The van der Waals surface area contributed by atoms with Crippen LogP contribution in [0, 0.1) is 11.3 Å². The fraction of sp³-hybridized carbons (Fsp3) is 0.917. The third-order valence-electron chi connectivity index (χ3n) is 3.22. The predicted octanol–water partition coefficient (Wildman–Crippen LogP) is 3.16. The van der Waals surface area contributed by atoms with Crippen molar-refractivity contribution in [3.63, 3.8) is 0 Å². The molecule has 2 nitrogen and oxygen atoms in total. The van der Waals surface area contributed by atoms with E-state index in [1.807, 2.05) is 6.92 Å². The van der Waals surface area contributed by atoms with Gasteiger partial charge in [-0.3, -0.25) is 4.79 Å². The summed E-state index contributed by atoms with van der Waals surface area (Å²) in [6.07, 6.45) is 5.43. The SMILES string of the molecule is CCOC(=O)C1(CCC(C)C)CCC1. The van der Waals surface area contributed by atoms with E-state index in [4.69, 9.17) is 4.74 Å². The zero-order chi connectivity index (χ0) is 10.6. The van der Waals surface area contributed by atoms with Gasteiger partial charge in [-0.25, -0.2) is 0 Å². The van der Waals surface area contributed by atoms with Crippen LogP contribution in [-0.4, -0.2) is 12.6 Å². The highest BCUT2D eigenvalue weighted by Gasteiger charge is 2.44. The molecule has 1 fully saturated rings. The maximum atomic E-state index is 11.7. The van der Waals surface area contributed by atoms with E-state index in [0.29, 0.717) is 12.5 Å². The number of rotatable bonds is 5. The minimum atomic E-state index is -0.0969. The van der Waals surface area contributed by atoms with Crippen LogP contribution in [0.15, 0.2) is 0 Å². The minimum Gasteiger partial charge on any atom is -0.466 e. The first-order valence-corrected chi connectivity index (χ1v) is 5.78. The third kappa shape index (κ3) is 2.49. The highest BCUT2D eigenvalue weighted by Crippen LogP contribution is 2.46. The summed E-state index contributed by atoms with van der Waals surface area (Å²) in [4.78, 5) is 11.7. The van der Waals surface area contributed by atoms with Crippen LogP contribution in [0.1, 0.15) is 52.9 Å². The van der Waals surface area contributed by atoms with Crippen LogP contribution in [0.25, 0.3) is 0 Å². The number of hydrogen-bond donors (Lipinski definition) is 0.